The van der Waals surface area contributed by atoms with Crippen LogP contribution in [0.15, 0.2) is 42.5 Å². The second-order valence-corrected chi connectivity index (χ2v) is 22.8. The lowest BCUT2D eigenvalue weighted by Crippen LogP contribution is -2.49. The maximum Gasteiger partial charge on any atom is 0.336 e. The van der Waals surface area contributed by atoms with E-state index in [1.807, 2.05) is 6.07 Å². The molecule has 0 bridgehead atoms. The zero-order valence-electron chi connectivity index (χ0n) is 24.0. The summed E-state index contributed by atoms with van der Waals surface area (Å²) in [6, 6.07) is 10.4. The minimum atomic E-state index is -2.17. The summed E-state index contributed by atoms with van der Waals surface area (Å²) in [5.74, 6) is -0.120. The molecule has 3 atom stereocenters. The summed E-state index contributed by atoms with van der Waals surface area (Å²) in [7, 11) is -4.20. The molecule has 0 heterocycles. The zero-order chi connectivity index (χ0) is 26.7. The first-order valence-corrected chi connectivity index (χ1v) is 19.0. The highest BCUT2D eigenvalue weighted by atomic mass is 28.4. The maximum atomic E-state index is 13.5. The average Bonchev–Trinajstić information content (AvgIpc) is 2.75. The molecule has 1 saturated carbocycles. The van der Waals surface area contributed by atoms with E-state index in [1.165, 1.54) is 5.56 Å². The number of hydrogen-bond donors (Lipinski definition) is 0. The molecule has 1 aliphatic rings. The molecule has 35 heavy (non-hydrogen) atoms. The molecule has 0 spiro atoms. The Kier molecular flexibility index (Phi) is 9.82. The summed E-state index contributed by atoms with van der Waals surface area (Å²) < 4.78 is 19.4. The predicted molar refractivity (Wildman–Crippen MR) is 152 cm³/mol. The lowest BCUT2D eigenvalue weighted by atomic mass is 9.81. The van der Waals surface area contributed by atoms with Gasteiger partial charge in [0.2, 0.25) is 0 Å². The largest absolute Gasteiger partial charge is 0.458 e. The van der Waals surface area contributed by atoms with Crippen LogP contribution in [-0.2, 0) is 18.4 Å². The van der Waals surface area contributed by atoms with Crippen LogP contribution in [0.2, 0.25) is 36.3 Å². The van der Waals surface area contributed by atoms with Gasteiger partial charge in [-0.1, -0.05) is 84.9 Å². The van der Waals surface area contributed by atoms with Gasteiger partial charge in [0.15, 0.2) is 16.6 Å². The molecule has 0 aromatic heterocycles. The normalized spacial score (nSPS) is 20.9. The van der Waals surface area contributed by atoms with E-state index in [0.29, 0.717) is 12.2 Å². The van der Waals surface area contributed by atoms with E-state index in [2.05, 4.69) is 98.6 Å². The van der Waals surface area contributed by atoms with Crippen LogP contribution in [-0.4, -0.2) is 41.4 Å². The third-order valence-electron chi connectivity index (χ3n) is 8.48. The van der Waals surface area contributed by atoms with Gasteiger partial charge < -0.3 is 13.6 Å². The smallest absolute Gasteiger partial charge is 0.336 e. The number of ether oxygens (including phenoxy) is 1. The van der Waals surface area contributed by atoms with Crippen LogP contribution in [0.1, 0.15) is 78.7 Å². The molecule has 2 rings (SSSR count). The monoisotopic (exact) mass is 518 g/mol. The maximum absolute atomic E-state index is 13.5. The Morgan fingerprint density at radius 3 is 2.03 bits per heavy atom. The van der Waals surface area contributed by atoms with Crippen LogP contribution in [0.25, 0.3) is 0 Å². The Morgan fingerprint density at radius 1 is 0.943 bits per heavy atom. The average molecular weight is 519 g/mol. The fourth-order valence-corrected chi connectivity index (χ4v) is 6.18. The molecular weight excluding hydrogens is 468 g/mol. The van der Waals surface area contributed by atoms with Gasteiger partial charge in [-0.2, -0.15) is 0 Å². The third-order valence-corrected chi connectivity index (χ3v) is 17.5. The van der Waals surface area contributed by atoms with Crippen molar-refractivity contribution in [2.24, 2.45) is 0 Å². The van der Waals surface area contributed by atoms with Gasteiger partial charge in [-0.3, -0.25) is 0 Å². The number of hydrogen-bond acceptors (Lipinski definition) is 4. The van der Waals surface area contributed by atoms with Gasteiger partial charge in [0, 0.05) is 5.92 Å². The molecular formula is C29H50O4Si2. The summed E-state index contributed by atoms with van der Waals surface area (Å²) in [5, 5.41) is 0.0789. The summed E-state index contributed by atoms with van der Waals surface area (Å²) in [6.07, 6.45) is 3.51. The van der Waals surface area contributed by atoms with E-state index in [1.54, 1.807) is 0 Å². The summed E-state index contributed by atoms with van der Waals surface area (Å²) in [5.41, 5.74) is 1.62. The van der Waals surface area contributed by atoms with E-state index in [-0.39, 0.29) is 28.1 Å². The Hall–Kier alpha value is -1.22. The fraction of sp³-hybridized carbons (Fsp3) is 0.690. The lowest BCUT2D eigenvalue weighted by molar-refractivity contribution is -0.148. The zero-order valence-corrected chi connectivity index (χ0v) is 26.0. The van der Waals surface area contributed by atoms with Crippen LogP contribution < -0.4 is 0 Å². The molecule has 1 aromatic rings. The van der Waals surface area contributed by atoms with E-state index in [4.69, 9.17) is 13.6 Å². The quantitative estimate of drug-likeness (QED) is 0.188. The van der Waals surface area contributed by atoms with Crippen LogP contribution in [0.3, 0.4) is 0 Å². The van der Waals surface area contributed by atoms with E-state index in [9.17, 15) is 4.79 Å². The van der Waals surface area contributed by atoms with E-state index < -0.39 is 22.7 Å². The van der Waals surface area contributed by atoms with Gasteiger partial charge in [-0.25, -0.2) is 4.79 Å². The highest BCUT2D eigenvalue weighted by Gasteiger charge is 2.43. The first-order valence-electron chi connectivity index (χ1n) is 13.2. The van der Waals surface area contributed by atoms with Crippen molar-refractivity contribution in [3.63, 3.8) is 0 Å². The Morgan fingerprint density at radius 2 is 1.49 bits per heavy atom. The lowest BCUT2D eigenvalue weighted by Gasteiger charge is -2.42. The number of esters is 1. The molecule has 0 radical (unpaired) electrons. The summed E-state index contributed by atoms with van der Waals surface area (Å²) in [4.78, 5) is 13.5. The van der Waals surface area contributed by atoms with Crippen molar-refractivity contribution in [1.82, 2.24) is 0 Å². The minimum absolute atomic E-state index is 0.00812. The van der Waals surface area contributed by atoms with Crippen LogP contribution in [0, 0.1) is 0 Å². The van der Waals surface area contributed by atoms with Crippen molar-refractivity contribution in [3.8, 4) is 0 Å². The summed E-state index contributed by atoms with van der Waals surface area (Å²) in [6.45, 7) is 26.7. The van der Waals surface area contributed by atoms with E-state index in [0.717, 1.165) is 25.7 Å². The van der Waals surface area contributed by atoms with Crippen LogP contribution in [0.4, 0.5) is 0 Å². The predicted octanol–water partition coefficient (Wildman–Crippen LogP) is 8.22. The molecule has 0 saturated heterocycles. The number of carbonyl (C=O) groups is 1. The Labute approximate surface area is 217 Å². The van der Waals surface area contributed by atoms with Crippen molar-refractivity contribution in [2.45, 2.75) is 122 Å². The molecule has 0 aliphatic heterocycles. The van der Waals surface area contributed by atoms with Gasteiger partial charge in [0.1, 0.15) is 6.10 Å². The highest BCUT2D eigenvalue weighted by molar-refractivity contribution is 6.74. The number of benzene rings is 1. The molecule has 0 amide bonds. The van der Waals surface area contributed by atoms with Crippen molar-refractivity contribution in [1.29, 1.82) is 0 Å². The molecule has 1 aromatic carbocycles. The Bertz CT molecular complexity index is 850. The van der Waals surface area contributed by atoms with Crippen LogP contribution >= 0.6 is 0 Å². The molecule has 0 N–H and O–H groups in total. The molecule has 1 aliphatic carbocycles. The number of carbonyl (C=O) groups excluding carboxylic acids is 1. The first kappa shape index (κ1) is 30.0. The third kappa shape index (κ3) is 7.88. The fourth-order valence-electron chi connectivity index (χ4n) is 3.90. The Balaban J connectivity index is 2.22. The van der Waals surface area contributed by atoms with Crippen molar-refractivity contribution in [2.75, 3.05) is 6.61 Å². The highest BCUT2D eigenvalue weighted by Crippen LogP contribution is 2.40. The van der Waals surface area contributed by atoms with E-state index >= 15 is 0 Å². The molecule has 198 valence electrons. The minimum Gasteiger partial charge on any atom is -0.458 e. The van der Waals surface area contributed by atoms with Crippen molar-refractivity contribution >= 4 is 22.6 Å². The number of rotatable bonds is 9. The van der Waals surface area contributed by atoms with Gasteiger partial charge in [0.25, 0.3) is 0 Å². The second-order valence-electron chi connectivity index (χ2n) is 13.2. The SMILES string of the molecule is C=C(C(=O)O[C@H]1CCCC[C@H]1c1ccccc1)[C@@H](CO[Si](C)(C)C(C)(C)C)O[Si](C)(C)C(C)(C)C. The van der Waals surface area contributed by atoms with Gasteiger partial charge in [-0.15, -0.1) is 0 Å². The van der Waals surface area contributed by atoms with Crippen molar-refractivity contribution < 1.29 is 18.4 Å². The molecule has 0 unspecified atom stereocenters. The van der Waals surface area contributed by atoms with Crippen LogP contribution in [0.5, 0.6) is 0 Å². The standard InChI is InChI=1S/C29H50O4Si2/c1-22(27(30)32-25-20-16-15-19-24(25)23-17-13-12-14-18-23)26(33-35(10,11)29(5,6)7)21-31-34(8,9)28(2,3)4/h12-14,17-18,24-26H,1,15-16,19-21H2,2-11H3/t24-,25-,26+/m0/s1. The molecule has 4 nitrogen and oxygen atoms in total. The van der Waals surface area contributed by atoms with Gasteiger partial charge in [0.05, 0.1) is 18.3 Å². The first-order chi connectivity index (χ1) is 16.0. The van der Waals surface area contributed by atoms with Gasteiger partial charge in [-0.05, 0) is 61.1 Å². The second kappa shape index (κ2) is 11.4. The molecule has 1 fully saturated rings. The van der Waals surface area contributed by atoms with Crippen molar-refractivity contribution in [3.05, 3.63) is 48.0 Å². The molecule has 6 heteroatoms. The van der Waals surface area contributed by atoms with Gasteiger partial charge >= 0.3 is 5.97 Å². The topological polar surface area (TPSA) is 44.8 Å². The summed E-state index contributed by atoms with van der Waals surface area (Å²) >= 11 is 0.